The maximum Gasteiger partial charge on any atom is 0.273 e. The van der Waals surface area contributed by atoms with Gasteiger partial charge >= 0.3 is 0 Å². The molecule has 5 heteroatoms. The van der Waals surface area contributed by atoms with Crippen LogP contribution in [0.25, 0.3) is 10.8 Å². The highest BCUT2D eigenvalue weighted by Crippen LogP contribution is 2.07. The van der Waals surface area contributed by atoms with Crippen molar-refractivity contribution in [3.63, 3.8) is 0 Å². The van der Waals surface area contributed by atoms with E-state index in [9.17, 15) is 9.59 Å². The van der Waals surface area contributed by atoms with Crippen LogP contribution in [0, 0.1) is 0 Å². The SMILES string of the molecule is Nc1ccc(CCn2[nH]c(=O)c3ccccc3c2=O)cc1. The summed E-state index contributed by atoms with van der Waals surface area (Å²) < 4.78 is 1.36. The van der Waals surface area contributed by atoms with Gasteiger partial charge in [0.25, 0.3) is 11.1 Å². The van der Waals surface area contributed by atoms with E-state index in [1.807, 2.05) is 24.3 Å². The van der Waals surface area contributed by atoms with Crippen molar-refractivity contribution in [3.8, 4) is 0 Å². The Balaban J connectivity index is 1.94. The van der Waals surface area contributed by atoms with Gasteiger partial charge in [-0.2, -0.15) is 0 Å². The van der Waals surface area contributed by atoms with Crippen molar-refractivity contribution < 1.29 is 0 Å². The number of fused-ring (bicyclic) bond motifs is 1. The molecule has 2 aromatic carbocycles. The van der Waals surface area contributed by atoms with E-state index in [1.165, 1.54) is 4.68 Å². The lowest BCUT2D eigenvalue weighted by atomic mass is 10.1. The number of aromatic amines is 1. The minimum absolute atomic E-state index is 0.180. The van der Waals surface area contributed by atoms with Crippen LogP contribution in [0.15, 0.2) is 58.1 Å². The fourth-order valence-electron chi connectivity index (χ4n) is 2.33. The molecule has 21 heavy (non-hydrogen) atoms. The van der Waals surface area contributed by atoms with E-state index in [1.54, 1.807) is 24.3 Å². The Morgan fingerprint density at radius 3 is 2.33 bits per heavy atom. The lowest BCUT2D eigenvalue weighted by molar-refractivity contribution is 0.577. The van der Waals surface area contributed by atoms with Gasteiger partial charge in [-0.25, -0.2) is 4.68 Å². The molecule has 5 nitrogen and oxygen atoms in total. The van der Waals surface area contributed by atoms with Crippen molar-refractivity contribution in [2.45, 2.75) is 13.0 Å². The summed E-state index contributed by atoms with van der Waals surface area (Å²) in [6, 6.07) is 14.3. The molecule has 1 aromatic heterocycles. The van der Waals surface area contributed by atoms with Crippen LogP contribution in [0.1, 0.15) is 5.56 Å². The van der Waals surface area contributed by atoms with Gasteiger partial charge in [0, 0.05) is 12.2 Å². The average Bonchev–Trinajstić information content (AvgIpc) is 2.51. The Morgan fingerprint density at radius 1 is 0.952 bits per heavy atom. The Hall–Kier alpha value is -2.82. The summed E-state index contributed by atoms with van der Waals surface area (Å²) in [6.07, 6.45) is 0.647. The molecule has 0 bridgehead atoms. The molecule has 0 fully saturated rings. The zero-order chi connectivity index (χ0) is 14.8. The Labute approximate surface area is 120 Å². The molecule has 0 saturated heterocycles. The Bertz CT molecular complexity index is 892. The van der Waals surface area contributed by atoms with Crippen LogP contribution in [-0.2, 0) is 13.0 Å². The zero-order valence-corrected chi connectivity index (χ0v) is 11.4. The van der Waals surface area contributed by atoms with Crippen LogP contribution in [-0.4, -0.2) is 9.78 Å². The number of aryl methyl sites for hydroxylation is 2. The molecule has 0 spiro atoms. The quantitative estimate of drug-likeness (QED) is 0.714. The second-order valence-corrected chi connectivity index (χ2v) is 4.93. The van der Waals surface area contributed by atoms with Crippen LogP contribution in [0.5, 0.6) is 0 Å². The van der Waals surface area contributed by atoms with Gasteiger partial charge in [0.15, 0.2) is 0 Å². The molecule has 3 aromatic rings. The number of anilines is 1. The Morgan fingerprint density at radius 2 is 1.62 bits per heavy atom. The minimum atomic E-state index is -0.248. The predicted octanol–water partition coefficient (Wildman–Crippen LogP) is 1.51. The van der Waals surface area contributed by atoms with E-state index < -0.39 is 0 Å². The van der Waals surface area contributed by atoms with E-state index >= 15 is 0 Å². The van der Waals surface area contributed by atoms with Crippen LogP contribution < -0.4 is 16.9 Å². The molecule has 0 unspecified atom stereocenters. The minimum Gasteiger partial charge on any atom is -0.399 e. The van der Waals surface area contributed by atoms with Crippen molar-refractivity contribution in [2.24, 2.45) is 0 Å². The molecule has 0 atom stereocenters. The van der Waals surface area contributed by atoms with Crippen molar-refractivity contribution in [3.05, 3.63) is 74.8 Å². The first-order chi connectivity index (χ1) is 10.1. The van der Waals surface area contributed by atoms with Gasteiger partial charge in [-0.3, -0.25) is 14.7 Å². The molecular formula is C16H15N3O2. The summed E-state index contributed by atoms with van der Waals surface area (Å²) in [4.78, 5) is 24.3. The van der Waals surface area contributed by atoms with Crippen LogP contribution >= 0.6 is 0 Å². The normalized spacial score (nSPS) is 10.9. The maximum absolute atomic E-state index is 12.3. The summed E-state index contributed by atoms with van der Waals surface area (Å²) in [5.74, 6) is 0. The van der Waals surface area contributed by atoms with Crippen molar-refractivity contribution in [1.29, 1.82) is 0 Å². The number of H-pyrrole nitrogens is 1. The number of nitrogens with two attached hydrogens (primary N) is 1. The Kier molecular flexibility index (Phi) is 3.31. The summed E-state index contributed by atoms with van der Waals surface area (Å²) in [5.41, 5.74) is 6.97. The first-order valence-electron chi connectivity index (χ1n) is 6.71. The first kappa shape index (κ1) is 13.2. The topological polar surface area (TPSA) is 80.9 Å². The van der Waals surface area contributed by atoms with Gasteiger partial charge in [0.05, 0.1) is 10.8 Å². The smallest absolute Gasteiger partial charge is 0.273 e. The second-order valence-electron chi connectivity index (χ2n) is 4.93. The van der Waals surface area contributed by atoms with Crippen LogP contribution in [0.4, 0.5) is 5.69 Å². The number of hydrogen-bond donors (Lipinski definition) is 2. The molecule has 0 aliphatic heterocycles. The van der Waals surface area contributed by atoms with Gasteiger partial charge in [-0.1, -0.05) is 24.3 Å². The lowest BCUT2D eigenvalue weighted by Crippen LogP contribution is -2.30. The van der Waals surface area contributed by atoms with E-state index in [-0.39, 0.29) is 11.1 Å². The largest absolute Gasteiger partial charge is 0.399 e. The van der Waals surface area contributed by atoms with E-state index in [2.05, 4.69) is 5.10 Å². The molecule has 1 heterocycles. The second kappa shape index (κ2) is 5.28. The van der Waals surface area contributed by atoms with Gasteiger partial charge in [0.2, 0.25) is 0 Å². The summed E-state index contributed by atoms with van der Waals surface area (Å²) in [5, 5.41) is 3.49. The molecule has 0 saturated carbocycles. The van der Waals surface area contributed by atoms with Gasteiger partial charge < -0.3 is 5.73 Å². The van der Waals surface area contributed by atoms with E-state index in [4.69, 9.17) is 5.73 Å². The lowest BCUT2D eigenvalue weighted by Gasteiger charge is -2.07. The van der Waals surface area contributed by atoms with Crippen LogP contribution in [0.3, 0.4) is 0 Å². The molecule has 0 amide bonds. The average molecular weight is 281 g/mol. The number of rotatable bonds is 3. The van der Waals surface area contributed by atoms with Gasteiger partial charge in [0.1, 0.15) is 0 Å². The molecule has 0 aliphatic rings. The third-order valence-electron chi connectivity index (χ3n) is 3.49. The molecule has 0 radical (unpaired) electrons. The molecular weight excluding hydrogens is 266 g/mol. The van der Waals surface area contributed by atoms with Crippen molar-refractivity contribution >= 4 is 16.5 Å². The molecule has 0 aliphatic carbocycles. The van der Waals surface area contributed by atoms with Crippen molar-refractivity contribution in [2.75, 3.05) is 5.73 Å². The molecule has 3 N–H and O–H groups in total. The summed E-state index contributed by atoms with van der Waals surface area (Å²) >= 11 is 0. The predicted molar refractivity (Wildman–Crippen MR) is 83.4 cm³/mol. The standard InChI is InChI=1S/C16H15N3O2/c17-12-7-5-11(6-8-12)9-10-19-16(21)14-4-2-1-3-13(14)15(20)18-19/h1-8H,9-10,17H2,(H,18,20). The fraction of sp³-hybridized carbons (Fsp3) is 0.125. The monoisotopic (exact) mass is 281 g/mol. The fourth-order valence-corrected chi connectivity index (χ4v) is 2.33. The van der Waals surface area contributed by atoms with E-state index in [0.717, 1.165) is 5.56 Å². The van der Waals surface area contributed by atoms with E-state index in [0.29, 0.717) is 29.4 Å². The third kappa shape index (κ3) is 2.58. The first-order valence-corrected chi connectivity index (χ1v) is 6.71. The number of nitrogens with zero attached hydrogens (tertiary/aromatic N) is 1. The maximum atomic E-state index is 12.3. The molecule has 106 valence electrons. The van der Waals surface area contributed by atoms with Gasteiger partial charge in [-0.05, 0) is 36.2 Å². The van der Waals surface area contributed by atoms with Gasteiger partial charge in [-0.15, -0.1) is 0 Å². The number of nitrogen functional groups attached to an aromatic ring is 1. The van der Waals surface area contributed by atoms with Crippen molar-refractivity contribution in [1.82, 2.24) is 9.78 Å². The number of nitrogens with one attached hydrogen (secondary N) is 1. The number of hydrogen-bond acceptors (Lipinski definition) is 3. The summed E-state index contributed by atoms with van der Waals surface area (Å²) in [7, 11) is 0. The highest BCUT2D eigenvalue weighted by atomic mass is 16.2. The number of benzene rings is 2. The zero-order valence-electron chi connectivity index (χ0n) is 11.4. The third-order valence-corrected chi connectivity index (χ3v) is 3.49. The summed E-state index contributed by atoms with van der Waals surface area (Å²) in [6.45, 7) is 0.419. The number of aromatic nitrogens is 2. The highest BCUT2D eigenvalue weighted by Gasteiger charge is 2.06. The molecule has 3 rings (SSSR count). The van der Waals surface area contributed by atoms with Crippen LogP contribution in [0.2, 0.25) is 0 Å². The highest BCUT2D eigenvalue weighted by molar-refractivity contribution is 5.80.